The van der Waals surface area contributed by atoms with Gasteiger partial charge in [-0.05, 0) is 26.3 Å². The molecule has 0 bridgehead atoms. The quantitative estimate of drug-likeness (QED) is 0.924. The Hall–Kier alpha value is -2.24. The van der Waals surface area contributed by atoms with E-state index in [0.29, 0.717) is 24.9 Å². The Morgan fingerprint density at radius 3 is 2.38 bits per heavy atom. The summed E-state index contributed by atoms with van der Waals surface area (Å²) >= 11 is 0. The van der Waals surface area contributed by atoms with Crippen molar-refractivity contribution in [2.45, 2.75) is 39.0 Å². The van der Waals surface area contributed by atoms with Gasteiger partial charge in [0.2, 0.25) is 0 Å². The number of carbonyl (C=O) groups excluding carboxylic acids is 2. The maximum Gasteiger partial charge on any atom is 0.410 e. The molecule has 1 aliphatic carbocycles. The Kier molecular flexibility index (Phi) is 4.39. The third-order valence-corrected chi connectivity index (χ3v) is 4.34. The van der Waals surface area contributed by atoms with Gasteiger partial charge in [0.1, 0.15) is 12.2 Å². The average molecular weight is 332 g/mol. The van der Waals surface area contributed by atoms with Gasteiger partial charge < -0.3 is 19.7 Å². The number of hydrogen-bond donors (Lipinski definition) is 1. The highest BCUT2D eigenvalue weighted by Crippen LogP contribution is 2.45. The van der Waals surface area contributed by atoms with Gasteiger partial charge in [0, 0.05) is 31.0 Å². The van der Waals surface area contributed by atoms with Gasteiger partial charge in [-0.1, -0.05) is 30.3 Å². The van der Waals surface area contributed by atoms with Crippen LogP contribution in [0.4, 0.5) is 9.59 Å². The molecule has 2 amide bonds. The van der Waals surface area contributed by atoms with Crippen molar-refractivity contribution in [1.82, 2.24) is 10.2 Å². The van der Waals surface area contributed by atoms with Crippen LogP contribution in [-0.4, -0.2) is 41.8 Å². The second-order valence-corrected chi connectivity index (χ2v) is 7.44. The van der Waals surface area contributed by atoms with Crippen LogP contribution in [0.2, 0.25) is 0 Å². The van der Waals surface area contributed by atoms with E-state index in [2.05, 4.69) is 5.32 Å². The lowest BCUT2D eigenvalue weighted by molar-refractivity contribution is 0.0269. The molecule has 1 saturated heterocycles. The van der Waals surface area contributed by atoms with Gasteiger partial charge in [-0.15, -0.1) is 0 Å². The molecule has 6 nitrogen and oxygen atoms in total. The number of alkyl carbamates (subject to hydrolysis) is 1. The van der Waals surface area contributed by atoms with E-state index in [1.807, 2.05) is 51.1 Å². The zero-order valence-electron chi connectivity index (χ0n) is 14.3. The first-order chi connectivity index (χ1) is 11.3. The number of amides is 2. The van der Waals surface area contributed by atoms with Gasteiger partial charge in [-0.2, -0.15) is 0 Å². The van der Waals surface area contributed by atoms with E-state index >= 15 is 0 Å². The Morgan fingerprint density at radius 2 is 1.79 bits per heavy atom. The topological polar surface area (TPSA) is 67.9 Å². The number of nitrogens with zero attached hydrogens (tertiary/aromatic N) is 1. The lowest BCUT2D eigenvalue weighted by Crippen LogP contribution is -2.40. The Balaban J connectivity index is 1.38. The van der Waals surface area contributed by atoms with Crippen molar-refractivity contribution < 1.29 is 19.1 Å². The minimum atomic E-state index is -0.483. The molecule has 130 valence electrons. The first-order valence-corrected chi connectivity index (χ1v) is 8.28. The highest BCUT2D eigenvalue weighted by Gasteiger charge is 2.58. The molecule has 1 N–H and O–H groups in total. The summed E-state index contributed by atoms with van der Waals surface area (Å²) in [5.41, 5.74) is 0.475. The molecule has 1 aromatic carbocycles. The molecule has 6 heteroatoms. The van der Waals surface area contributed by atoms with Gasteiger partial charge in [0.05, 0.1) is 0 Å². The number of rotatable bonds is 3. The molecule has 1 unspecified atom stereocenters. The summed E-state index contributed by atoms with van der Waals surface area (Å²) in [7, 11) is 0. The maximum absolute atomic E-state index is 12.0. The summed E-state index contributed by atoms with van der Waals surface area (Å²) in [5.74, 6) is 0.614. The van der Waals surface area contributed by atoms with E-state index in [9.17, 15) is 9.59 Å². The van der Waals surface area contributed by atoms with Gasteiger partial charge in [0.25, 0.3) is 0 Å². The molecule has 0 radical (unpaired) electrons. The standard InChI is InChI=1S/C18H24N2O4/c1-18(2,3)24-17(22)20-9-13-14(10-20)15(13)19-16(21)23-11-12-7-5-4-6-8-12/h4-8,13-15H,9-11H2,1-3H3,(H,19,21)/t13-,14+,15?. The summed E-state index contributed by atoms with van der Waals surface area (Å²) in [6.45, 7) is 7.09. The van der Waals surface area contributed by atoms with Crippen LogP contribution in [0.25, 0.3) is 0 Å². The molecular formula is C18H24N2O4. The number of ether oxygens (including phenoxy) is 2. The molecule has 1 aromatic rings. The van der Waals surface area contributed by atoms with Crippen LogP contribution < -0.4 is 5.32 Å². The second-order valence-electron chi connectivity index (χ2n) is 7.44. The lowest BCUT2D eigenvalue weighted by atomic mass is 10.2. The largest absolute Gasteiger partial charge is 0.445 e. The van der Waals surface area contributed by atoms with Crippen molar-refractivity contribution in [2.24, 2.45) is 11.8 Å². The SMILES string of the molecule is CC(C)(C)OC(=O)N1C[C@@H]2C(NC(=O)OCc3ccccc3)[C@@H]2C1. The normalized spacial score (nSPS) is 25.0. The van der Waals surface area contributed by atoms with E-state index in [4.69, 9.17) is 9.47 Å². The Morgan fingerprint density at radius 1 is 1.17 bits per heavy atom. The van der Waals surface area contributed by atoms with Gasteiger partial charge in [-0.3, -0.25) is 0 Å². The average Bonchev–Trinajstić information content (AvgIpc) is 2.95. The fourth-order valence-electron chi connectivity index (χ4n) is 3.12. The van der Waals surface area contributed by atoms with Gasteiger partial charge >= 0.3 is 12.2 Å². The van der Waals surface area contributed by atoms with E-state index < -0.39 is 11.7 Å². The number of nitrogens with one attached hydrogen (secondary N) is 1. The predicted octanol–water partition coefficient (Wildman–Crippen LogP) is 2.78. The number of likely N-dealkylation sites (tertiary alicyclic amines) is 1. The fraction of sp³-hybridized carbons (Fsp3) is 0.556. The van der Waals surface area contributed by atoms with E-state index in [-0.39, 0.29) is 18.7 Å². The Bertz CT molecular complexity index is 599. The number of carbonyl (C=O) groups is 2. The maximum atomic E-state index is 12.0. The van der Waals surface area contributed by atoms with Crippen LogP contribution in [-0.2, 0) is 16.1 Å². The van der Waals surface area contributed by atoms with Crippen molar-refractivity contribution in [3.8, 4) is 0 Å². The van der Waals surface area contributed by atoms with E-state index in [0.717, 1.165) is 5.56 Å². The van der Waals surface area contributed by atoms with Crippen LogP contribution in [0.1, 0.15) is 26.3 Å². The van der Waals surface area contributed by atoms with Crippen LogP contribution in [0, 0.1) is 11.8 Å². The monoisotopic (exact) mass is 332 g/mol. The van der Waals surface area contributed by atoms with Crippen molar-refractivity contribution >= 4 is 12.2 Å². The van der Waals surface area contributed by atoms with E-state index in [1.165, 1.54) is 0 Å². The van der Waals surface area contributed by atoms with Crippen molar-refractivity contribution in [3.63, 3.8) is 0 Å². The summed E-state index contributed by atoms with van der Waals surface area (Å²) in [5, 5.41) is 2.89. The molecule has 0 aromatic heterocycles. The number of fused-ring (bicyclic) bond motifs is 1. The highest BCUT2D eigenvalue weighted by molar-refractivity contribution is 5.70. The first kappa shape index (κ1) is 16.6. The van der Waals surface area contributed by atoms with Crippen molar-refractivity contribution in [1.29, 1.82) is 0 Å². The second kappa shape index (κ2) is 6.34. The van der Waals surface area contributed by atoms with Crippen LogP contribution >= 0.6 is 0 Å². The number of piperidine rings is 1. The fourth-order valence-corrected chi connectivity index (χ4v) is 3.12. The third kappa shape index (κ3) is 3.99. The number of benzene rings is 1. The summed E-state index contributed by atoms with van der Waals surface area (Å²) in [6, 6.07) is 9.67. The molecule has 0 spiro atoms. The van der Waals surface area contributed by atoms with Crippen LogP contribution in [0.15, 0.2) is 30.3 Å². The molecule has 1 aliphatic heterocycles. The summed E-state index contributed by atoms with van der Waals surface area (Å²) in [6.07, 6.45) is -0.679. The molecule has 24 heavy (non-hydrogen) atoms. The summed E-state index contributed by atoms with van der Waals surface area (Å²) in [4.78, 5) is 25.6. The minimum absolute atomic E-state index is 0.104. The molecule has 2 fully saturated rings. The van der Waals surface area contributed by atoms with Crippen LogP contribution in [0.5, 0.6) is 0 Å². The highest BCUT2D eigenvalue weighted by atomic mass is 16.6. The number of hydrogen-bond acceptors (Lipinski definition) is 4. The van der Waals surface area contributed by atoms with E-state index in [1.54, 1.807) is 4.90 Å². The van der Waals surface area contributed by atoms with Gasteiger partial charge in [-0.25, -0.2) is 9.59 Å². The lowest BCUT2D eigenvalue weighted by Gasteiger charge is -2.26. The molecule has 3 atom stereocenters. The molecular weight excluding hydrogens is 308 g/mol. The summed E-state index contributed by atoms with van der Waals surface area (Å²) < 4.78 is 10.6. The zero-order chi connectivity index (χ0) is 17.3. The molecule has 3 rings (SSSR count). The smallest absolute Gasteiger partial charge is 0.410 e. The molecule has 1 heterocycles. The molecule has 1 saturated carbocycles. The Labute approximate surface area is 142 Å². The van der Waals surface area contributed by atoms with Crippen molar-refractivity contribution in [2.75, 3.05) is 13.1 Å². The first-order valence-electron chi connectivity index (χ1n) is 8.28. The predicted molar refractivity (Wildman–Crippen MR) is 88.3 cm³/mol. The van der Waals surface area contributed by atoms with Crippen molar-refractivity contribution in [3.05, 3.63) is 35.9 Å². The van der Waals surface area contributed by atoms with Gasteiger partial charge in [0.15, 0.2) is 0 Å². The third-order valence-electron chi connectivity index (χ3n) is 4.34. The minimum Gasteiger partial charge on any atom is -0.445 e. The molecule has 2 aliphatic rings. The van der Waals surface area contributed by atoms with Crippen LogP contribution in [0.3, 0.4) is 0 Å². The zero-order valence-corrected chi connectivity index (χ0v) is 14.3.